The molecule has 1 aliphatic carbocycles. The van der Waals surface area contributed by atoms with Gasteiger partial charge in [-0.1, -0.05) is 29.8 Å². The third-order valence-electron chi connectivity index (χ3n) is 5.75. The molecule has 0 N–H and O–H groups in total. The fourth-order valence-electron chi connectivity index (χ4n) is 3.79. The molecule has 1 aliphatic heterocycles. The van der Waals surface area contributed by atoms with Crippen LogP contribution in [0.25, 0.3) is 5.57 Å². The number of hydrogen-bond acceptors (Lipinski definition) is 5. The highest BCUT2D eigenvalue weighted by molar-refractivity contribution is 7.81. The molecule has 4 rings (SSSR count). The minimum atomic E-state index is -0.894. The maximum Gasteiger partial charge on any atom is 0.225 e. The van der Waals surface area contributed by atoms with E-state index < -0.39 is 11.0 Å². The average Bonchev–Trinajstić information content (AvgIpc) is 3.51. The minimum absolute atomic E-state index is 0.551. The molecule has 2 heterocycles. The summed E-state index contributed by atoms with van der Waals surface area (Å²) >= 11 is 5.85. The van der Waals surface area contributed by atoms with Gasteiger partial charge in [0.25, 0.3) is 0 Å². The number of anilines is 1. The van der Waals surface area contributed by atoms with Crippen LogP contribution in [0.3, 0.4) is 0 Å². The van der Waals surface area contributed by atoms with Gasteiger partial charge in [-0.3, -0.25) is 0 Å². The summed E-state index contributed by atoms with van der Waals surface area (Å²) in [5.74, 6) is 2.78. The van der Waals surface area contributed by atoms with Crippen LogP contribution in [0.4, 0.5) is 5.95 Å². The molecule has 0 saturated heterocycles. The highest BCUT2D eigenvalue weighted by Crippen LogP contribution is 2.39. The Morgan fingerprint density at radius 3 is 2.60 bits per heavy atom. The molecule has 3 unspecified atom stereocenters. The lowest BCUT2D eigenvalue weighted by atomic mass is 10.0. The van der Waals surface area contributed by atoms with Crippen molar-refractivity contribution in [3.8, 4) is 5.75 Å². The van der Waals surface area contributed by atoms with E-state index >= 15 is 0 Å². The van der Waals surface area contributed by atoms with Gasteiger partial charge in [-0.05, 0) is 47.9 Å². The molecule has 1 saturated carbocycles. The molecule has 30 heavy (non-hydrogen) atoms. The van der Waals surface area contributed by atoms with Crippen molar-refractivity contribution in [2.45, 2.75) is 12.8 Å². The molecule has 3 atom stereocenters. The highest BCUT2D eigenvalue weighted by atomic mass is 35.5. The molecular weight excluding hydrogens is 420 g/mol. The van der Waals surface area contributed by atoms with Gasteiger partial charge in [0.2, 0.25) is 5.95 Å². The van der Waals surface area contributed by atoms with Crippen molar-refractivity contribution >= 4 is 34.1 Å². The van der Waals surface area contributed by atoms with E-state index in [0.717, 1.165) is 44.8 Å². The predicted molar refractivity (Wildman–Crippen MR) is 122 cm³/mol. The Labute approximate surface area is 185 Å². The molecular formula is C22H27ClN4O2S. The summed E-state index contributed by atoms with van der Waals surface area (Å²) in [5, 5.41) is 0.551. The number of benzene rings is 1. The van der Waals surface area contributed by atoms with Gasteiger partial charge < -0.3 is 9.64 Å². The topological polar surface area (TPSA) is 58.6 Å². The van der Waals surface area contributed by atoms with Crippen molar-refractivity contribution in [2.24, 2.45) is 11.8 Å². The zero-order valence-electron chi connectivity index (χ0n) is 17.3. The van der Waals surface area contributed by atoms with Gasteiger partial charge >= 0.3 is 0 Å². The molecule has 8 heteroatoms. The van der Waals surface area contributed by atoms with Crippen LogP contribution in [0.1, 0.15) is 18.4 Å². The summed E-state index contributed by atoms with van der Waals surface area (Å²) < 4.78 is 19.6. The van der Waals surface area contributed by atoms with E-state index in [0.29, 0.717) is 22.8 Å². The molecule has 0 bridgehead atoms. The molecule has 1 aromatic heterocycles. The maximum atomic E-state index is 11.6. The summed E-state index contributed by atoms with van der Waals surface area (Å²) in [6, 6.07) is 8.34. The van der Waals surface area contributed by atoms with Gasteiger partial charge in [-0.2, -0.15) is 0 Å². The first-order chi connectivity index (χ1) is 14.5. The predicted octanol–water partition coefficient (Wildman–Crippen LogP) is 3.66. The maximum absolute atomic E-state index is 11.6. The summed E-state index contributed by atoms with van der Waals surface area (Å²) in [6.07, 6.45) is 9.26. The lowest BCUT2D eigenvalue weighted by Gasteiger charge is -2.23. The summed E-state index contributed by atoms with van der Waals surface area (Å²) in [5.41, 5.74) is 2.54. The van der Waals surface area contributed by atoms with E-state index in [1.165, 1.54) is 11.1 Å². The van der Waals surface area contributed by atoms with E-state index in [2.05, 4.69) is 33.1 Å². The summed E-state index contributed by atoms with van der Waals surface area (Å²) in [6.45, 7) is 3.24. The second kappa shape index (κ2) is 9.45. The Morgan fingerprint density at radius 2 is 1.97 bits per heavy atom. The zero-order valence-corrected chi connectivity index (χ0v) is 18.9. The Kier molecular flexibility index (Phi) is 6.71. The van der Waals surface area contributed by atoms with E-state index in [1.54, 1.807) is 18.6 Å². The normalized spacial score (nSPS) is 22.3. The molecule has 6 nitrogen and oxygen atoms in total. The van der Waals surface area contributed by atoms with Crippen LogP contribution in [0, 0.1) is 11.8 Å². The van der Waals surface area contributed by atoms with Crippen molar-refractivity contribution in [3.05, 3.63) is 53.3 Å². The van der Waals surface area contributed by atoms with Gasteiger partial charge in [0.1, 0.15) is 5.75 Å². The Morgan fingerprint density at radius 1 is 1.23 bits per heavy atom. The SMILES string of the molecule is CN(CC1CC1COc1ccc(C2=CCN(S(C)=O)CC2)cc1)c1ncc(Cl)cn1. The molecule has 0 amide bonds. The van der Waals surface area contributed by atoms with Crippen molar-refractivity contribution in [2.75, 3.05) is 44.4 Å². The van der Waals surface area contributed by atoms with E-state index in [-0.39, 0.29) is 0 Å². The van der Waals surface area contributed by atoms with Gasteiger partial charge in [0.05, 0.1) is 35.0 Å². The molecule has 1 aromatic carbocycles. The molecule has 2 aliphatic rings. The fraction of sp³-hybridized carbons (Fsp3) is 0.455. The van der Waals surface area contributed by atoms with Crippen LogP contribution in [0.2, 0.25) is 5.02 Å². The van der Waals surface area contributed by atoms with Crippen molar-refractivity contribution < 1.29 is 8.95 Å². The lowest BCUT2D eigenvalue weighted by molar-refractivity contribution is 0.292. The van der Waals surface area contributed by atoms with Crippen LogP contribution >= 0.6 is 11.6 Å². The second-order valence-electron chi connectivity index (χ2n) is 7.96. The Hall–Kier alpha value is -1.96. The fourth-order valence-corrected chi connectivity index (χ4v) is 4.52. The molecule has 2 aromatic rings. The number of nitrogens with zero attached hydrogens (tertiary/aromatic N) is 4. The molecule has 0 spiro atoms. The Balaban J connectivity index is 1.23. The van der Waals surface area contributed by atoms with E-state index in [9.17, 15) is 4.21 Å². The monoisotopic (exact) mass is 446 g/mol. The van der Waals surface area contributed by atoms with Crippen molar-refractivity contribution in [1.82, 2.24) is 14.3 Å². The van der Waals surface area contributed by atoms with Crippen LogP contribution in [0.5, 0.6) is 5.75 Å². The zero-order chi connectivity index (χ0) is 21.1. The van der Waals surface area contributed by atoms with E-state index in [1.807, 2.05) is 23.5 Å². The van der Waals surface area contributed by atoms with Crippen LogP contribution in [-0.2, 0) is 11.0 Å². The number of ether oxygens (including phenoxy) is 1. The standard InChI is InChI=1S/C22H27ClN4O2S/c1-26(22-24-12-20(23)13-25-22)14-18-11-19(18)15-29-21-5-3-16(4-6-21)17-7-9-27(10-8-17)30(2)28/h3-7,12-13,18-19H,8-11,14-15H2,1-2H3. The summed E-state index contributed by atoms with van der Waals surface area (Å²) in [7, 11) is 1.12. The molecule has 1 fully saturated rings. The number of rotatable bonds is 8. The third-order valence-corrected chi connectivity index (χ3v) is 7.00. The van der Waals surface area contributed by atoms with Gasteiger partial charge in [-0.25, -0.2) is 18.5 Å². The molecule has 0 radical (unpaired) electrons. The highest BCUT2D eigenvalue weighted by Gasteiger charge is 2.38. The average molecular weight is 447 g/mol. The largest absolute Gasteiger partial charge is 0.493 e. The minimum Gasteiger partial charge on any atom is -0.493 e. The lowest BCUT2D eigenvalue weighted by Crippen LogP contribution is -2.29. The van der Waals surface area contributed by atoms with Crippen molar-refractivity contribution in [1.29, 1.82) is 0 Å². The number of halogens is 1. The quantitative estimate of drug-likeness (QED) is 0.619. The Bertz CT molecular complexity index is 920. The summed E-state index contributed by atoms with van der Waals surface area (Å²) in [4.78, 5) is 10.6. The smallest absolute Gasteiger partial charge is 0.225 e. The van der Waals surface area contributed by atoms with Crippen molar-refractivity contribution in [3.63, 3.8) is 0 Å². The third kappa shape index (κ3) is 5.39. The van der Waals surface area contributed by atoms with Gasteiger partial charge in [0.15, 0.2) is 0 Å². The van der Waals surface area contributed by atoms with E-state index in [4.69, 9.17) is 16.3 Å². The van der Waals surface area contributed by atoms with Crippen LogP contribution in [-0.4, -0.2) is 58.0 Å². The van der Waals surface area contributed by atoms with Crippen LogP contribution in [0.15, 0.2) is 42.7 Å². The molecule has 160 valence electrons. The number of hydrogen-bond donors (Lipinski definition) is 0. The number of aromatic nitrogens is 2. The first-order valence-electron chi connectivity index (χ1n) is 10.2. The first kappa shape index (κ1) is 21.3. The second-order valence-corrected chi connectivity index (χ2v) is 9.76. The van der Waals surface area contributed by atoms with Gasteiger partial charge in [-0.15, -0.1) is 0 Å². The first-order valence-corrected chi connectivity index (χ1v) is 12.1. The van der Waals surface area contributed by atoms with Gasteiger partial charge in [0, 0.05) is 32.9 Å². The van der Waals surface area contributed by atoms with Crippen LogP contribution < -0.4 is 9.64 Å².